The summed E-state index contributed by atoms with van der Waals surface area (Å²) in [5, 5.41) is 0.234. The zero-order valence-corrected chi connectivity index (χ0v) is 19.2. The second-order valence-corrected chi connectivity index (χ2v) is 9.81. The molecule has 0 bridgehead atoms. The summed E-state index contributed by atoms with van der Waals surface area (Å²) in [6.07, 6.45) is 7.41. The Morgan fingerprint density at radius 3 is 2.82 bits per heavy atom. The van der Waals surface area contributed by atoms with Crippen molar-refractivity contribution < 1.29 is 4.11 Å². The number of nitrogens with two attached hydrogens (primary N) is 2. The highest BCUT2D eigenvalue weighted by Gasteiger charge is 2.46. The molecule has 1 aliphatic heterocycles. The Hall–Kier alpha value is -2.88. The van der Waals surface area contributed by atoms with Gasteiger partial charge in [0, 0.05) is 60.6 Å². The Kier molecular flexibility index (Phi) is 4.19. The zero-order valence-electron chi connectivity index (χ0n) is 20.6. The summed E-state index contributed by atoms with van der Waals surface area (Å²) < 4.78 is 27.4. The van der Waals surface area contributed by atoms with Crippen LogP contribution >= 0.6 is 23.4 Å². The van der Waals surface area contributed by atoms with Crippen molar-refractivity contribution in [3.05, 3.63) is 65.4 Å². The van der Waals surface area contributed by atoms with Gasteiger partial charge in [0.05, 0.1) is 14.0 Å². The van der Waals surface area contributed by atoms with Gasteiger partial charge in [0.25, 0.3) is 0 Å². The average Bonchev–Trinajstić information content (AvgIpc) is 3.41. The summed E-state index contributed by atoms with van der Waals surface area (Å²) in [6, 6.07) is 4.08. The molecule has 1 saturated heterocycles. The van der Waals surface area contributed by atoms with Crippen LogP contribution in [-0.4, -0.2) is 37.4 Å². The van der Waals surface area contributed by atoms with Crippen molar-refractivity contribution in [3.8, 4) is 0 Å². The van der Waals surface area contributed by atoms with E-state index in [9.17, 15) is 0 Å². The quantitative estimate of drug-likeness (QED) is 0.455. The maximum atomic E-state index is 9.02. The summed E-state index contributed by atoms with van der Waals surface area (Å²) in [5.41, 5.74) is 14.4. The van der Waals surface area contributed by atoms with Crippen molar-refractivity contribution in [3.63, 3.8) is 0 Å². The van der Waals surface area contributed by atoms with E-state index in [2.05, 4.69) is 24.8 Å². The van der Waals surface area contributed by atoms with Crippen molar-refractivity contribution in [2.24, 2.45) is 11.1 Å². The SMILES string of the molecule is [2H]c1cc(Sc2c([2H])nc(N3CCC4(CC3)Cc3ncccc3[C@@]4([2H])N)n3ccnc23)c(Cl)c(N)n1. The average molecular weight is 482 g/mol. The number of hydrogen-bond donors (Lipinski definition) is 2. The number of anilines is 2. The minimum absolute atomic E-state index is 0.00763. The third kappa shape index (κ3) is 3.34. The van der Waals surface area contributed by atoms with Crippen LogP contribution in [0.2, 0.25) is 5.02 Å². The Morgan fingerprint density at radius 1 is 1.15 bits per heavy atom. The molecular formula is C23H23ClN8S. The molecule has 2 aliphatic rings. The van der Waals surface area contributed by atoms with Gasteiger partial charge in [-0.3, -0.25) is 9.38 Å². The van der Waals surface area contributed by atoms with Crippen molar-refractivity contribution in [1.82, 2.24) is 24.3 Å². The van der Waals surface area contributed by atoms with Crippen molar-refractivity contribution in [2.45, 2.75) is 35.1 Å². The molecule has 1 aliphatic carbocycles. The number of rotatable bonds is 3. The highest BCUT2D eigenvalue weighted by atomic mass is 35.5. The van der Waals surface area contributed by atoms with Crippen LogP contribution in [0.25, 0.3) is 5.65 Å². The van der Waals surface area contributed by atoms with Crippen LogP contribution in [0.15, 0.2) is 58.9 Å². The second-order valence-electron chi connectivity index (χ2n) is 8.38. The summed E-state index contributed by atoms with van der Waals surface area (Å²) in [6.45, 7) is 1.29. The Labute approximate surface area is 204 Å². The number of imidazole rings is 1. The molecule has 10 heteroatoms. The highest BCUT2D eigenvalue weighted by molar-refractivity contribution is 7.99. The molecule has 5 heterocycles. The van der Waals surface area contributed by atoms with E-state index in [1.165, 1.54) is 17.8 Å². The predicted molar refractivity (Wildman–Crippen MR) is 130 cm³/mol. The lowest BCUT2D eigenvalue weighted by atomic mass is 9.73. The van der Waals surface area contributed by atoms with E-state index in [4.69, 9.17) is 27.2 Å². The Bertz CT molecular complexity index is 1500. The van der Waals surface area contributed by atoms with Crippen LogP contribution in [0.1, 0.15) is 34.2 Å². The van der Waals surface area contributed by atoms with Gasteiger partial charge in [-0.2, -0.15) is 0 Å². The first kappa shape index (κ1) is 17.6. The smallest absolute Gasteiger partial charge is 0.211 e. The molecule has 8 nitrogen and oxygen atoms in total. The van der Waals surface area contributed by atoms with E-state index in [0.717, 1.165) is 11.3 Å². The molecule has 0 aromatic carbocycles. The molecule has 0 amide bonds. The third-order valence-electron chi connectivity index (χ3n) is 6.61. The molecule has 33 heavy (non-hydrogen) atoms. The molecule has 0 saturated carbocycles. The molecule has 4 N–H and O–H groups in total. The van der Waals surface area contributed by atoms with Gasteiger partial charge in [-0.1, -0.05) is 29.4 Å². The number of pyridine rings is 2. The lowest BCUT2D eigenvalue weighted by molar-refractivity contribution is 0.186. The van der Waals surface area contributed by atoms with Crippen LogP contribution in [0.5, 0.6) is 0 Å². The fourth-order valence-electron chi connectivity index (χ4n) is 4.82. The first-order chi connectivity index (χ1) is 17.2. The minimum atomic E-state index is -1.19. The van der Waals surface area contributed by atoms with E-state index in [1.54, 1.807) is 12.4 Å². The molecule has 0 unspecified atom stereocenters. The maximum absolute atomic E-state index is 9.02. The number of nitrogens with zero attached hydrogens (tertiary/aromatic N) is 6. The first-order valence-electron chi connectivity index (χ1n) is 12.1. The van der Waals surface area contributed by atoms with Gasteiger partial charge >= 0.3 is 0 Å². The van der Waals surface area contributed by atoms with E-state index < -0.39 is 6.02 Å². The fourth-order valence-corrected chi connectivity index (χ4v) is 5.89. The van der Waals surface area contributed by atoms with Gasteiger partial charge in [0.1, 0.15) is 5.82 Å². The number of nitrogen functional groups attached to an aromatic ring is 1. The number of hydrogen-bond acceptors (Lipinski definition) is 8. The molecule has 6 rings (SSSR count). The third-order valence-corrected chi connectivity index (χ3v) is 8.14. The molecule has 1 atom stereocenters. The van der Waals surface area contributed by atoms with E-state index in [0.29, 0.717) is 53.7 Å². The predicted octanol–water partition coefficient (Wildman–Crippen LogP) is 3.75. The van der Waals surface area contributed by atoms with Gasteiger partial charge in [0.2, 0.25) is 5.95 Å². The number of fused-ring (bicyclic) bond motifs is 2. The number of piperidine rings is 1. The minimum Gasteiger partial charge on any atom is -0.382 e. The van der Waals surface area contributed by atoms with Crippen LogP contribution in [-0.2, 0) is 6.42 Å². The number of halogens is 1. The van der Waals surface area contributed by atoms with Gasteiger partial charge in [-0.15, -0.1) is 0 Å². The molecule has 0 radical (unpaired) electrons. The molecule has 4 aromatic rings. The van der Waals surface area contributed by atoms with E-state index >= 15 is 0 Å². The lowest BCUT2D eigenvalue weighted by Gasteiger charge is -2.42. The van der Waals surface area contributed by atoms with Gasteiger partial charge in [0.15, 0.2) is 5.65 Å². The summed E-state index contributed by atoms with van der Waals surface area (Å²) in [4.78, 5) is 20.6. The summed E-state index contributed by atoms with van der Waals surface area (Å²) >= 11 is 7.52. The standard InChI is InChI=1S/C23H23ClN8S/c24-18-16(3-7-28-20(18)26)33-17-13-30-22(32-11-8-29-21(17)32)31-9-4-23(5-10-31)12-15-14(19(23)25)2-1-6-27-15/h1-3,6-8,11,13,19H,4-5,9-10,12,25H2,(H2,26,28)/t19-/m1/s1/i7D,13D,19D. The van der Waals surface area contributed by atoms with Gasteiger partial charge in [-0.25, -0.2) is 15.0 Å². The second kappa shape index (κ2) is 7.86. The Morgan fingerprint density at radius 2 is 2.00 bits per heavy atom. The lowest BCUT2D eigenvalue weighted by Crippen LogP contribution is -2.45. The molecule has 4 aromatic heterocycles. The molecule has 1 spiro atoms. The molecule has 1 fully saturated rings. The van der Waals surface area contributed by atoms with Crippen molar-refractivity contribution in [2.75, 3.05) is 23.7 Å². The van der Waals surface area contributed by atoms with Crippen LogP contribution < -0.4 is 16.4 Å². The fraction of sp³-hybridized carbons (Fsp3) is 0.304. The highest BCUT2D eigenvalue weighted by Crippen LogP contribution is 2.50. The number of aromatic nitrogens is 5. The topological polar surface area (TPSA) is 111 Å². The van der Waals surface area contributed by atoms with Crippen LogP contribution in [0.4, 0.5) is 11.8 Å². The van der Waals surface area contributed by atoms with Crippen LogP contribution in [0, 0.1) is 5.41 Å². The maximum Gasteiger partial charge on any atom is 0.211 e. The van der Waals surface area contributed by atoms with Crippen LogP contribution in [0.3, 0.4) is 0 Å². The monoisotopic (exact) mass is 481 g/mol. The van der Waals surface area contributed by atoms with E-state index in [-0.39, 0.29) is 28.6 Å². The Balaban J connectivity index is 1.31. The summed E-state index contributed by atoms with van der Waals surface area (Å²) in [5.74, 6) is 0.688. The zero-order chi connectivity index (χ0) is 25.2. The van der Waals surface area contributed by atoms with Gasteiger partial charge in [-0.05, 0) is 42.4 Å². The molecular weight excluding hydrogens is 456 g/mol. The van der Waals surface area contributed by atoms with Gasteiger partial charge < -0.3 is 16.4 Å². The normalized spacial score (nSPS) is 22.8. The van der Waals surface area contributed by atoms with Crippen molar-refractivity contribution in [1.29, 1.82) is 0 Å². The largest absolute Gasteiger partial charge is 0.382 e. The summed E-state index contributed by atoms with van der Waals surface area (Å²) in [7, 11) is 0. The molecule has 168 valence electrons. The first-order valence-corrected chi connectivity index (χ1v) is 11.8. The van der Waals surface area contributed by atoms with E-state index in [1.807, 2.05) is 22.7 Å². The van der Waals surface area contributed by atoms with Crippen molar-refractivity contribution >= 4 is 40.8 Å².